The summed E-state index contributed by atoms with van der Waals surface area (Å²) in [4.78, 5) is 46.2. The van der Waals surface area contributed by atoms with Crippen LogP contribution in [0.4, 0.5) is 4.79 Å². The highest BCUT2D eigenvalue weighted by molar-refractivity contribution is 5.97. The van der Waals surface area contributed by atoms with Gasteiger partial charge in [0.1, 0.15) is 12.3 Å². The number of hydrogen-bond donors (Lipinski definition) is 3. The van der Waals surface area contributed by atoms with Crippen molar-refractivity contribution >= 4 is 23.8 Å². The lowest BCUT2D eigenvalue weighted by Crippen LogP contribution is -2.42. The third kappa shape index (κ3) is 6.50. The van der Waals surface area contributed by atoms with E-state index < -0.39 is 37.0 Å². The average molecular weight is 349 g/mol. The number of methoxy groups -OCH3 is 1. The molecule has 0 radical (unpaired) electrons. The summed E-state index contributed by atoms with van der Waals surface area (Å²) in [7, 11) is 1.48. The lowest BCUT2D eigenvalue weighted by Gasteiger charge is -2.08. The molecule has 0 unspecified atom stereocenters. The van der Waals surface area contributed by atoms with Crippen molar-refractivity contribution in [1.29, 1.82) is 0 Å². The number of esters is 1. The predicted molar refractivity (Wildman–Crippen MR) is 86.0 cm³/mol. The van der Waals surface area contributed by atoms with Gasteiger partial charge in [0.2, 0.25) is 0 Å². The Kier molecular flexibility index (Phi) is 6.33. The highest BCUT2D eigenvalue weighted by atomic mass is 16.5. The number of ether oxygens (including phenoxy) is 2. The van der Waals surface area contributed by atoms with Crippen LogP contribution in [-0.4, -0.2) is 50.1 Å². The molecule has 0 atom stereocenters. The van der Waals surface area contributed by atoms with Gasteiger partial charge in [0.05, 0.1) is 7.11 Å². The quantitative estimate of drug-likeness (QED) is 0.594. The van der Waals surface area contributed by atoms with Crippen LogP contribution in [0.25, 0.3) is 0 Å². The van der Waals surface area contributed by atoms with E-state index >= 15 is 0 Å². The van der Waals surface area contributed by atoms with E-state index in [2.05, 4.69) is 15.4 Å². The standard InChI is InChI=1S/C16H19N3O6/c1-24-12-4-2-3-10(7-12)15(22)17-8-14(21)25-9-13(20)19-16(23)18-11-5-6-11/h2-4,7,11H,5-6,8-9H2,1H3,(H,17,22)(H2,18,19,20,23). The minimum atomic E-state index is -0.797. The fourth-order valence-electron chi connectivity index (χ4n) is 1.83. The first-order valence-electron chi connectivity index (χ1n) is 7.66. The summed E-state index contributed by atoms with van der Waals surface area (Å²) < 4.78 is 9.69. The van der Waals surface area contributed by atoms with Crippen LogP contribution >= 0.6 is 0 Å². The van der Waals surface area contributed by atoms with E-state index in [0.29, 0.717) is 11.3 Å². The summed E-state index contributed by atoms with van der Waals surface area (Å²) in [6.45, 7) is -1.01. The first-order chi connectivity index (χ1) is 12.0. The molecule has 1 aliphatic carbocycles. The van der Waals surface area contributed by atoms with Crippen LogP contribution in [0.15, 0.2) is 24.3 Å². The Labute approximate surface area is 144 Å². The van der Waals surface area contributed by atoms with Gasteiger partial charge in [-0.2, -0.15) is 0 Å². The molecule has 1 aliphatic rings. The molecule has 0 heterocycles. The minimum absolute atomic E-state index is 0.113. The van der Waals surface area contributed by atoms with Crippen molar-refractivity contribution in [1.82, 2.24) is 16.0 Å². The zero-order valence-corrected chi connectivity index (χ0v) is 13.7. The van der Waals surface area contributed by atoms with Crippen molar-refractivity contribution in [2.45, 2.75) is 18.9 Å². The van der Waals surface area contributed by atoms with Gasteiger partial charge in [-0.15, -0.1) is 0 Å². The lowest BCUT2D eigenvalue weighted by atomic mass is 10.2. The summed E-state index contributed by atoms with van der Waals surface area (Å²) in [5.41, 5.74) is 0.321. The maximum atomic E-state index is 11.9. The van der Waals surface area contributed by atoms with Gasteiger partial charge in [-0.05, 0) is 31.0 Å². The molecule has 1 saturated carbocycles. The van der Waals surface area contributed by atoms with Crippen molar-refractivity contribution in [2.24, 2.45) is 0 Å². The molecule has 9 heteroatoms. The first-order valence-corrected chi connectivity index (χ1v) is 7.66. The monoisotopic (exact) mass is 349 g/mol. The molecule has 1 aromatic carbocycles. The number of benzene rings is 1. The summed E-state index contributed by atoms with van der Waals surface area (Å²) in [6.07, 6.45) is 1.78. The Morgan fingerprint density at radius 1 is 1.20 bits per heavy atom. The van der Waals surface area contributed by atoms with E-state index in [1.54, 1.807) is 18.2 Å². The number of imide groups is 1. The molecular formula is C16H19N3O6. The zero-order valence-electron chi connectivity index (χ0n) is 13.7. The molecule has 1 aromatic rings. The normalized spacial score (nSPS) is 12.7. The largest absolute Gasteiger partial charge is 0.497 e. The molecule has 0 bridgehead atoms. The molecule has 9 nitrogen and oxygen atoms in total. The SMILES string of the molecule is COc1cccc(C(=O)NCC(=O)OCC(=O)NC(=O)NC2CC2)c1. The number of nitrogens with one attached hydrogen (secondary N) is 3. The van der Waals surface area contributed by atoms with Gasteiger partial charge in [-0.1, -0.05) is 6.07 Å². The first kappa shape index (κ1) is 18.2. The van der Waals surface area contributed by atoms with E-state index in [4.69, 9.17) is 4.74 Å². The number of hydrogen-bond acceptors (Lipinski definition) is 6. The average Bonchev–Trinajstić information content (AvgIpc) is 3.41. The number of carbonyl (C=O) groups excluding carboxylic acids is 4. The Morgan fingerprint density at radius 2 is 1.96 bits per heavy atom. The summed E-state index contributed by atoms with van der Waals surface area (Å²) in [5.74, 6) is -1.51. The maximum absolute atomic E-state index is 11.9. The van der Waals surface area contributed by atoms with Crippen LogP contribution in [0.3, 0.4) is 0 Å². The number of rotatable bonds is 7. The lowest BCUT2D eigenvalue weighted by molar-refractivity contribution is -0.147. The molecule has 25 heavy (non-hydrogen) atoms. The fraction of sp³-hybridized carbons (Fsp3) is 0.375. The molecule has 0 saturated heterocycles. The molecule has 134 valence electrons. The van der Waals surface area contributed by atoms with Gasteiger partial charge in [0, 0.05) is 11.6 Å². The third-order valence-corrected chi connectivity index (χ3v) is 3.25. The van der Waals surface area contributed by atoms with Crippen molar-refractivity contribution < 1.29 is 28.7 Å². The highest BCUT2D eigenvalue weighted by Crippen LogP contribution is 2.18. The second kappa shape index (κ2) is 8.67. The molecule has 1 fully saturated rings. The second-order valence-electron chi connectivity index (χ2n) is 5.37. The Balaban J connectivity index is 1.66. The summed E-state index contributed by atoms with van der Waals surface area (Å²) in [5, 5.41) is 6.97. The second-order valence-corrected chi connectivity index (χ2v) is 5.37. The van der Waals surface area contributed by atoms with Crippen molar-refractivity contribution in [3.05, 3.63) is 29.8 Å². The number of amides is 4. The van der Waals surface area contributed by atoms with Gasteiger partial charge in [0.25, 0.3) is 11.8 Å². The zero-order chi connectivity index (χ0) is 18.2. The van der Waals surface area contributed by atoms with Crippen LogP contribution in [0.5, 0.6) is 5.75 Å². The smallest absolute Gasteiger partial charge is 0.325 e. The molecule has 0 aromatic heterocycles. The molecule has 4 amide bonds. The molecule has 2 rings (SSSR count). The number of urea groups is 1. The van der Waals surface area contributed by atoms with Crippen LogP contribution in [0, 0.1) is 0 Å². The predicted octanol–water partition coefficient (Wildman–Crippen LogP) is -0.0436. The van der Waals surface area contributed by atoms with Gasteiger partial charge in [-0.3, -0.25) is 19.7 Å². The van der Waals surface area contributed by atoms with E-state index in [0.717, 1.165) is 12.8 Å². The molecule has 0 spiro atoms. The Bertz CT molecular complexity index is 672. The summed E-state index contributed by atoms with van der Waals surface area (Å²) in [6, 6.07) is 5.91. The molecular weight excluding hydrogens is 330 g/mol. The number of carbonyl (C=O) groups is 4. The van der Waals surface area contributed by atoms with Gasteiger partial charge in [0.15, 0.2) is 6.61 Å². The van der Waals surface area contributed by atoms with Crippen LogP contribution in [0.2, 0.25) is 0 Å². The van der Waals surface area contributed by atoms with Crippen LogP contribution in [-0.2, 0) is 14.3 Å². The Hall–Kier alpha value is -3.10. The van der Waals surface area contributed by atoms with E-state index in [1.807, 2.05) is 5.32 Å². The van der Waals surface area contributed by atoms with Gasteiger partial charge >= 0.3 is 12.0 Å². The van der Waals surface area contributed by atoms with E-state index in [1.165, 1.54) is 13.2 Å². The maximum Gasteiger partial charge on any atom is 0.325 e. The minimum Gasteiger partial charge on any atom is -0.497 e. The van der Waals surface area contributed by atoms with E-state index in [9.17, 15) is 19.2 Å². The van der Waals surface area contributed by atoms with Crippen LogP contribution in [0.1, 0.15) is 23.2 Å². The highest BCUT2D eigenvalue weighted by Gasteiger charge is 2.24. The van der Waals surface area contributed by atoms with Gasteiger partial charge in [-0.25, -0.2) is 4.79 Å². The fourth-order valence-corrected chi connectivity index (χ4v) is 1.83. The van der Waals surface area contributed by atoms with Gasteiger partial charge < -0.3 is 20.1 Å². The summed E-state index contributed by atoms with van der Waals surface area (Å²) >= 11 is 0. The molecule has 0 aliphatic heterocycles. The van der Waals surface area contributed by atoms with Crippen molar-refractivity contribution in [3.8, 4) is 5.75 Å². The Morgan fingerprint density at radius 3 is 2.64 bits per heavy atom. The van der Waals surface area contributed by atoms with E-state index in [-0.39, 0.29) is 6.04 Å². The molecule has 3 N–H and O–H groups in total. The topological polar surface area (TPSA) is 123 Å². The third-order valence-electron chi connectivity index (χ3n) is 3.25. The van der Waals surface area contributed by atoms with Crippen molar-refractivity contribution in [3.63, 3.8) is 0 Å². The van der Waals surface area contributed by atoms with Crippen LogP contribution < -0.4 is 20.7 Å². The van der Waals surface area contributed by atoms with Crippen molar-refractivity contribution in [2.75, 3.05) is 20.3 Å².